The van der Waals surface area contributed by atoms with Gasteiger partial charge < -0.3 is 47.4 Å². The molecule has 0 atom stereocenters. The Labute approximate surface area is 478 Å². The van der Waals surface area contributed by atoms with Crippen LogP contribution < -0.4 is 42.6 Å². The number of esters is 1. The van der Waals surface area contributed by atoms with Gasteiger partial charge in [-0.1, -0.05) is 200 Å². The number of rotatable bonds is 28. The number of carbonyl (C=O) groups is 1. The smallest absolute Gasteiger partial charge is 0.338 e. The van der Waals surface area contributed by atoms with Gasteiger partial charge in [-0.2, -0.15) is 0 Å². The Morgan fingerprint density at radius 1 is 0.256 bits per heavy atom. The van der Waals surface area contributed by atoms with Crippen LogP contribution in [0.5, 0.6) is 51.7 Å². The van der Waals surface area contributed by atoms with E-state index in [9.17, 15) is 4.79 Å². The van der Waals surface area contributed by atoms with Gasteiger partial charge in [-0.3, -0.25) is 0 Å². The van der Waals surface area contributed by atoms with Crippen LogP contribution in [0.2, 0.25) is 0 Å². The quantitative estimate of drug-likeness (QED) is 0.0437. The van der Waals surface area contributed by atoms with Crippen LogP contribution in [0.3, 0.4) is 0 Å². The number of ether oxygens (including phenoxy) is 10. The van der Waals surface area contributed by atoms with Gasteiger partial charge in [-0.25, -0.2) is 4.79 Å². The van der Waals surface area contributed by atoms with Gasteiger partial charge in [-0.15, -0.1) is 0 Å². The van der Waals surface area contributed by atoms with Gasteiger partial charge in [-0.05, 0) is 81.9 Å². The summed E-state index contributed by atoms with van der Waals surface area (Å²) in [6.45, 7) is 1.44. The summed E-state index contributed by atoms with van der Waals surface area (Å²) in [5.41, 5.74) is 7.88. The standard InChI is InChI=1S/C71H62O11/c1-73-71(72)58-41-68(80-49-59-62(74-43-52-23-8-2-9-24-52)35-20-36-63(59)75-44-53-25-10-3-11-26-53)70(82-51-61-66(78-47-56-31-16-6-17-32-56)39-22-40-67(61)79-48-57-33-18-7-19-34-57)69(42-58)81-50-60-64(76-45-54-27-12-4-13-28-54)37-21-38-65(60)77-46-55-29-14-5-15-30-55/h2-42H,43-51H2,1H3. The van der Waals surface area contributed by atoms with Crippen molar-refractivity contribution in [3.05, 3.63) is 304 Å². The monoisotopic (exact) mass is 1090 g/mol. The lowest BCUT2D eigenvalue weighted by molar-refractivity contribution is 0.0599. The van der Waals surface area contributed by atoms with E-state index in [1.54, 1.807) is 12.1 Å². The third-order valence-corrected chi connectivity index (χ3v) is 13.2. The van der Waals surface area contributed by atoms with E-state index in [1.165, 1.54) is 7.11 Å². The first-order valence-corrected chi connectivity index (χ1v) is 27.0. The number of hydrogen-bond acceptors (Lipinski definition) is 11. The highest BCUT2D eigenvalue weighted by Crippen LogP contribution is 2.44. The fourth-order valence-corrected chi connectivity index (χ4v) is 8.90. The van der Waals surface area contributed by atoms with E-state index in [0.717, 1.165) is 33.4 Å². The molecule has 0 amide bonds. The van der Waals surface area contributed by atoms with Crippen molar-refractivity contribution < 1.29 is 52.2 Å². The van der Waals surface area contributed by atoms with Gasteiger partial charge in [0, 0.05) is 0 Å². The molecule has 0 saturated heterocycles. The Morgan fingerprint density at radius 3 is 0.707 bits per heavy atom. The SMILES string of the molecule is COC(=O)c1cc(OCc2c(OCc3ccccc3)cccc2OCc2ccccc2)c(OCc2c(OCc3ccccc3)cccc2OCc2ccccc2)c(OCc2c(OCc3ccccc3)cccc2OCc2ccccc2)c1. The Balaban J connectivity index is 1.05. The van der Waals surface area contributed by atoms with Gasteiger partial charge in [0.1, 0.15) is 94.0 Å². The van der Waals surface area contributed by atoms with Gasteiger partial charge in [0.25, 0.3) is 0 Å². The van der Waals surface area contributed by atoms with Gasteiger partial charge in [0.2, 0.25) is 5.75 Å². The van der Waals surface area contributed by atoms with Crippen LogP contribution in [0.15, 0.2) is 249 Å². The van der Waals surface area contributed by atoms with Gasteiger partial charge in [0.15, 0.2) is 11.5 Å². The van der Waals surface area contributed by atoms with Crippen molar-refractivity contribution in [1.82, 2.24) is 0 Å². The molecule has 82 heavy (non-hydrogen) atoms. The summed E-state index contributed by atoms with van der Waals surface area (Å²) in [6.07, 6.45) is 0. The highest BCUT2D eigenvalue weighted by Gasteiger charge is 2.25. The fourth-order valence-electron chi connectivity index (χ4n) is 8.90. The molecule has 0 aliphatic carbocycles. The molecule has 11 heteroatoms. The molecule has 0 heterocycles. The van der Waals surface area contributed by atoms with Crippen LogP contribution >= 0.6 is 0 Å². The first kappa shape index (κ1) is 55.2. The molecule has 0 fully saturated rings. The summed E-state index contributed by atoms with van der Waals surface area (Å²) in [5, 5.41) is 0. The third-order valence-electron chi connectivity index (χ3n) is 13.2. The average molecular weight is 1090 g/mol. The van der Waals surface area contributed by atoms with E-state index in [2.05, 4.69) is 0 Å². The summed E-state index contributed by atoms with van der Waals surface area (Å²) in [7, 11) is 1.32. The molecule has 10 aromatic carbocycles. The van der Waals surface area contributed by atoms with Crippen molar-refractivity contribution in [2.45, 2.75) is 59.5 Å². The molecule has 0 bridgehead atoms. The molecule has 0 N–H and O–H groups in total. The van der Waals surface area contributed by atoms with Crippen LogP contribution in [0.4, 0.5) is 0 Å². The zero-order valence-electron chi connectivity index (χ0n) is 45.5. The second-order valence-corrected chi connectivity index (χ2v) is 19.0. The highest BCUT2D eigenvalue weighted by atomic mass is 16.6. The molecule has 0 unspecified atom stereocenters. The zero-order valence-corrected chi connectivity index (χ0v) is 45.5. The summed E-state index contributed by atoms with van der Waals surface area (Å²) in [6, 6.07) is 79.7. The number of methoxy groups -OCH3 is 1. The molecule has 0 aromatic heterocycles. The largest absolute Gasteiger partial charge is 0.488 e. The number of benzene rings is 10. The van der Waals surface area contributed by atoms with Crippen molar-refractivity contribution in [1.29, 1.82) is 0 Å². The highest BCUT2D eigenvalue weighted by molar-refractivity contribution is 5.91. The number of hydrogen-bond donors (Lipinski definition) is 0. The molecule has 10 aromatic rings. The molecule has 0 spiro atoms. The maximum absolute atomic E-state index is 13.8. The van der Waals surface area contributed by atoms with Crippen molar-refractivity contribution in [3.8, 4) is 51.7 Å². The van der Waals surface area contributed by atoms with Crippen LogP contribution in [0, 0.1) is 0 Å². The van der Waals surface area contributed by atoms with Crippen molar-refractivity contribution >= 4 is 5.97 Å². The average Bonchev–Trinajstić information content (AvgIpc) is 3.74. The lowest BCUT2D eigenvalue weighted by Gasteiger charge is -2.22. The second kappa shape index (κ2) is 28.7. The molecular weight excluding hydrogens is 1030 g/mol. The molecular formula is C71H62O11. The summed E-state index contributed by atoms with van der Waals surface area (Å²) >= 11 is 0. The molecule has 0 aliphatic heterocycles. The van der Waals surface area contributed by atoms with E-state index >= 15 is 0 Å². The Morgan fingerprint density at radius 2 is 0.476 bits per heavy atom. The van der Waals surface area contributed by atoms with Crippen LogP contribution in [-0.2, 0) is 64.2 Å². The predicted octanol–water partition coefficient (Wildman–Crippen LogP) is 15.7. The number of carbonyl (C=O) groups excluding carboxylic acids is 1. The van der Waals surface area contributed by atoms with E-state index in [-0.39, 0.29) is 82.3 Å². The van der Waals surface area contributed by atoms with E-state index in [4.69, 9.17) is 47.4 Å². The van der Waals surface area contributed by atoms with Crippen LogP contribution in [-0.4, -0.2) is 13.1 Å². The Hall–Kier alpha value is -10.1. The minimum Gasteiger partial charge on any atom is -0.488 e. The second-order valence-electron chi connectivity index (χ2n) is 19.0. The lowest BCUT2D eigenvalue weighted by atomic mass is 10.1. The molecule has 0 saturated carbocycles. The first-order valence-electron chi connectivity index (χ1n) is 27.0. The summed E-state index contributed by atoms with van der Waals surface area (Å²) in [5.74, 6) is 3.10. The van der Waals surface area contributed by atoms with E-state index < -0.39 is 5.97 Å². The third kappa shape index (κ3) is 15.4. The van der Waals surface area contributed by atoms with Crippen molar-refractivity contribution in [3.63, 3.8) is 0 Å². The minimum atomic E-state index is -0.630. The van der Waals surface area contributed by atoms with E-state index in [1.807, 2.05) is 237 Å². The Bertz CT molecular complexity index is 3240. The van der Waals surface area contributed by atoms with Crippen molar-refractivity contribution in [2.24, 2.45) is 0 Å². The Kier molecular flexibility index (Phi) is 19.3. The van der Waals surface area contributed by atoms with E-state index in [0.29, 0.717) is 51.2 Å². The zero-order chi connectivity index (χ0) is 56.0. The lowest BCUT2D eigenvalue weighted by Crippen LogP contribution is -2.11. The van der Waals surface area contributed by atoms with Crippen LogP contribution in [0.1, 0.15) is 60.4 Å². The predicted molar refractivity (Wildman–Crippen MR) is 315 cm³/mol. The summed E-state index contributed by atoms with van der Waals surface area (Å²) < 4.78 is 65.6. The van der Waals surface area contributed by atoms with Gasteiger partial charge in [0.05, 0.1) is 29.4 Å². The van der Waals surface area contributed by atoms with Crippen LogP contribution in [0.25, 0.3) is 0 Å². The molecule has 0 radical (unpaired) electrons. The molecule has 412 valence electrons. The maximum atomic E-state index is 13.8. The maximum Gasteiger partial charge on any atom is 0.338 e. The van der Waals surface area contributed by atoms with Gasteiger partial charge >= 0.3 is 5.97 Å². The minimum absolute atomic E-state index is 0.0919. The van der Waals surface area contributed by atoms with Crippen molar-refractivity contribution in [2.75, 3.05) is 7.11 Å². The molecule has 11 nitrogen and oxygen atoms in total. The molecule has 10 rings (SSSR count). The molecule has 0 aliphatic rings. The first-order chi connectivity index (χ1) is 40.5. The fraction of sp³-hybridized carbons (Fsp3) is 0.141. The topological polar surface area (TPSA) is 109 Å². The normalized spacial score (nSPS) is 10.7. The summed E-state index contributed by atoms with van der Waals surface area (Å²) in [4.78, 5) is 13.8.